The fraction of sp³-hybridized carbons (Fsp3) is 0.529. The summed E-state index contributed by atoms with van der Waals surface area (Å²) in [6.45, 7) is 9.51. The Morgan fingerprint density at radius 2 is 1.86 bits per heavy atom. The highest BCUT2D eigenvalue weighted by atomic mass is 16.5. The van der Waals surface area contributed by atoms with Crippen molar-refractivity contribution in [3.63, 3.8) is 0 Å². The SMILES string of the molecule is CCOc1ccc(C(=O)N(CC)C[C@H](C)C#N)cc1OCC. The summed E-state index contributed by atoms with van der Waals surface area (Å²) in [5.41, 5.74) is 0.541. The molecule has 1 aromatic carbocycles. The van der Waals surface area contributed by atoms with E-state index in [0.29, 0.717) is 43.4 Å². The molecule has 0 aromatic heterocycles. The van der Waals surface area contributed by atoms with Crippen LogP contribution in [0.3, 0.4) is 0 Å². The number of carbonyl (C=O) groups is 1. The van der Waals surface area contributed by atoms with Gasteiger partial charge in [0.2, 0.25) is 0 Å². The minimum absolute atomic E-state index is 0.103. The van der Waals surface area contributed by atoms with Crippen LogP contribution in [-0.2, 0) is 0 Å². The highest BCUT2D eigenvalue weighted by molar-refractivity contribution is 5.95. The van der Waals surface area contributed by atoms with Crippen molar-refractivity contribution < 1.29 is 14.3 Å². The molecular weight excluding hydrogens is 280 g/mol. The zero-order chi connectivity index (χ0) is 16.5. The quantitative estimate of drug-likeness (QED) is 0.740. The first-order chi connectivity index (χ1) is 10.6. The first-order valence-corrected chi connectivity index (χ1v) is 7.65. The Kier molecular flexibility index (Phi) is 7.24. The number of rotatable bonds is 8. The molecule has 0 spiro atoms. The maximum atomic E-state index is 12.6. The summed E-state index contributed by atoms with van der Waals surface area (Å²) in [6, 6.07) is 7.34. The lowest BCUT2D eigenvalue weighted by Gasteiger charge is -2.22. The van der Waals surface area contributed by atoms with E-state index in [1.807, 2.05) is 20.8 Å². The Morgan fingerprint density at radius 3 is 2.41 bits per heavy atom. The average Bonchev–Trinajstić information content (AvgIpc) is 2.53. The monoisotopic (exact) mass is 304 g/mol. The van der Waals surface area contributed by atoms with Gasteiger partial charge in [-0.25, -0.2) is 0 Å². The number of benzene rings is 1. The van der Waals surface area contributed by atoms with Gasteiger partial charge in [0.15, 0.2) is 11.5 Å². The number of nitriles is 1. The van der Waals surface area contributed by atoms with Crippen LogP contribution < -0.4 is 9.47 Å². The average molecular weight is 304 g/mol. The minimum atomic E-state index is -0.196. The third-order valence-electron chi connectivity index (χ3n) is 3.17. The number of carbonyl (C=O) groups excluding carboxylic acids is 1. The summed E-state index contributed by atoms with van der Waals surface area (Å²) in [5.74, 6) is 0.903. The minimum Gasteiger partial charge on any atom is -0.490 e. The summed E-state index contributed by atoms with van der Waals surface area (Å²) < 4.78 is 11.0. The van der Waals surface area contributed by atoms with Gasteiger partial charge >= 0.3 is 0 Å². The molecule has 0 bridgehead atoms. The van der Waals surface area contributed by atoms with E-state index in [0.717, 1.165) is 0 Å². The Balaban J connectivity index is 3.01. The molecule has 5 heteroatoms. The molecule has 0 radical (unpaired) electrons. The van der Waals surface area contributed by atoms with Gasteiger partial charge in [-0.2, -0.15) is 5.26 Å². The van der Waals surface area contributed by atoms with Crippen LogP contribution in [0.15, 0.2) is 18.2 Å². The van der Waals surface area contributed by atoms with Crippen molar-refractivity contribution in [3.05, 3.63) is 23.8 Å². The normalized spacial score (nSPS) is 11.4. The van der Waals surface area contributed by atoms with Gasteiger partial charge in [-0.1, -0.05) is 0 Å². The van der Waals surface area contributed by atoms with Crippen molar-refractivity contribution in [2.45, 2.75) is 27.7 Å². The second-order valence-corrected chi connectivity index (χ2v) is 4.90. The molecule has 0 aliphatic carbocycles. The summed E-state index contributed by atoms with van der Waals surface area (Å²) in [6.07, 6.45) is 0. The van der Waals surface area contributed by atoms with Crippen molar-refractivity contribution in [3.8, 4) is 17.6 Å². The maximum absolute atomic E-state index is 12.6. The summed E-state index contributed by atoms with van der Waals surface area (Å²) in [5, 5.41) is 8.92. The molecule has 0 heterocycles. The number of ether oxygens (including phenoxy) is 2. The summed E-state index contributed by atoms with van der Waals surface area (Å²) >= 11 is 0. The molecule has 0 aliphatic heterocycles. The lowest BCUT2D eigenvalue weighted by atomic mass is 10.1. The van der Waals surface area contributed by atoms with Crippen LogP contribution in [-0.4, -0.2) is 37.1 Å². The molecule has 1 rings (SSSR count). The standard InChI is InChI=1S/C17H24N2O3/c1-5-19(12-13(4)11-18)17(20)14-8-9-15(21-6-2)16(10-14)22-7-3/h8-10,13H,5-7,12H2,1-4H3/t13-/m1/s1. The first-order valence-electron chi connectivity index (χ1n) is 7.65. The lowest BCUT2D eigenvalue weighted by Crippen LogP contribution is -2.34. The van der Waals surface area contributed by atoms with Gasteiger partial charge in [0.1, 0.15) is 0 Å². The second kappa shape index (κ2) is 8.93. The zero-order valence-electron chi connectivity index (χ0n) is 13.8. The maximum Gasteiger partial charge on any atom is 0.254 e. The summed E-state index contributed by atoms with van der Waals surface area (Å²) in [7, 11) is 0. The van der Waals surface area contributed by atoms with Crippen molar-refractivity contribution in [1.29, 1.82) is 5.26 Å². The predicted octanol–water partition coefficient (Wildman–Crippen LogP) is 3.11. The summed E-state index contributed by atoms with van der Waals surface area (Å²) in [4.78, 5) is 14.2. The van der Waals surface area contributed by atoms with Gasteiger partial charge in [-0.05, 0) is 45.9 Å². The van der Waals surface area contributed by atoms with Crippen molar-refractivity contribution in [1.82, 2.24) is 4.90 Å². The molecule has 0 fully saturated rings. The van der Waals surface area contributed by atoms with Crippen LogP contribution in [0, 0.1) is 17.2 Å². The van der Waals surface area contributed by atoms with Crippen LogP contribution in [0.25, 0.3) is 0 Å². The third kappa shape index (κ3) is 4.66. The Hall–Kier alpha value is -2.22. The van der Waals surface area contributed by atoms with Gasteiger partial charge in [0.25, 0.3) is 5.91 Å². The molecular formula is C17H24N2O3. The Morgan fingerprint density at radius 1 is 1.23 bits per heavy atom. The Bertz CT molecular complexity index is 537. The highest BCUT2D eigenvalue weighted by Gasteiger charge is 2.18. The molecule has 0 unspecified atom stereocenters. The van der Waals surface area contributed by atoms with E-state index in [4.69, 9.17) is 14.7 Å². The van der Waals surface area contributed by atoms with Crippen LogP contribution in [0.4, 0.5) is 0 Å². The van der Waals surface area contributed by atoms with E-state index >= 15 is 0 Å². The number of hydrogen-bond donors (Lipinski definition) is 0. The van der Waals surface area contributed by atoms with Crippen LogP contribution >= 0.6 is 0 Å². The second-order valence-electron chi connectivity index (χ2n) is 4.90. The molecule has 1 atom stereocenters. The largest absolute Gasteiger partial charge is 0.490 e. The molecule has 22 heavy (non-hydrogen) atoms. The van der Waals surface area contributed by atoms with Crippen molar-refractivity contribution in [2.24, 2.45) is 5.92 Å². The molecule has 0 aliphatic rings. The molecule has 120 valence electrons. The van der Waals surface area contributed by atoms with E-state index in [1.54, 1.807) is 30.0 Å². The molecule has 1 aromatic rings. The van der Waals surface area contributed by atoms with Gasteiger partial charge in [-0.3, -0.25) is 4.79 Å². The Labute approximate surface area is 132 Å². The van der Waals surface area contributed by atoms with E-state index in [9.17, 15) is 4.79 Å². The first kappa shape index (κ1) is 17.8. The molecule has 0 N–H and O–H groups in total. The van der Waals surface area contributed by atoms with Gasteiger partial charge in [0, 0.05) is 18.7 Å². The fourth-order valence-corrected chi connectivity index (χ4v) is 2.09. The number of amides is 1. The topological polar surface area (TPSA) is 62.6 Å². The predicted molar refractivity (Wildman–Crippen MR) is 85.1 cm³/mol. The van der Waals surface area contributed by atoms with Gasteiger partial charge < -0.3 is 14.4 Å². The number of nitrogens with zero attached hydrogens (tertiary/aromatic N) is 2. The molecule has 5 nitrogen and oxygen atoms in total. The van der Waals surface area contributed by atoms with E-state index in [1.165, 1.54) is 0 Å². The highest BCUT2D eigenvalue weighted by Crippen LogP contribution is 2.29. The fourth-order valence-electron chi connectivity index (χ4n) is 2.09. The van der Waals surface area contributed by atoms with E-state index in [2.05, 4.69) is 6.07 Å². The number of hydrogen-bond acceptors (Lipinski definition) is 4. The van der Waals surface area contributed by atoms with E-state index < -0.39 is 0 Å². The zero-order valence-corrected chi connectivity index (χ0v) is 13.8. The van der Waals surface area contributed by atoms with Crippen molar-refractivity contribution in [2.75, 3.05) is 26.3 Å². The third-order valence-corrected chi connectivity index (χ3v) is 3.17. The van der Waals surface area contributed by atoms with Crippen molar-refractivity contribution >= 4 is 5.91 Å². The van der Waals surface area contributed by atoms with Crippen LogP contribution in [0.5, 0.6) is 11.5 Å². The van der Waals surface area contributed by atoms with Crippen LogP contribution in [0.1, 0.15) is 38.1 Å². The smallest absolute Gasteiger partial charge is 0.254 e. The lowest BCUT2D eigenvalue weighted by molar-refractivity contribution is 0.0752. The molecule has 1 amide bonds. The molecule has 0 saturated heterocycles. The van der Waals surface area contributed by atoms with Gasteiger partial charge in [0.05, 0.1) is 25.2 Å². The van der Waals surface area contributed by atoms with Gasteiger partial charge in [-0.15, -0.1) is 0 Å². The van der Waals surface area contributed by atoms with E-state index in [-0.39, 0.29) is 11.8 Å². The van der Waals surface area contributed by atoms with Crippen LogP contribution in [0.2, 0.25) is 0 Å². The molecule has 0 saturated carbocycles.